The van der Waals surface area contributed by atoms with Gasteiger partial charge in [0.25, 0.3) is 0 Å². The highest BCUT2D eigenvalue weighted by molar-refractivity contribution is 4.96. The Labute approximate surface area is 75.1 Å². The molecule has 0 aliphatic carbocycles. The summed E-state index contributed by atoms with van der Waals surface area (Å²) < 4.78 is 0. The number of rotatable bonds is 2. The molecule has 0 aromatic rings. The van der Waals surface area contributed by atoms with Gasteiger partial charge in [0, 0.05) is 18.1 Å². The number of nitrogens with zero attached hydrogens (tertiary/aromatic N) is 1. The predicted octanol–water partition coefficient (Wildman–Crippen LogP) is 1.35. The van der Waals surface area contributed by atoms with E-state index in [1.165, 1.54) is 38.6 Å². The smallest absolute Gasteiger partial charge is 0.0113 e. The second-order valence-electron chi connectivity index (χ2n) is 4.35. The molecule has 2 aliphatic heterocycles. The van der Waals surface area contributed by atoms with Crippen molar-refractivity contribution in [3.63, 3.8) is 0 Å². The summed E-state index contributed by atoms with van der Waals surface area (Å²) in [5.74, 6) is 0. The van der Waals surface area contributed by atoms with Gasteiger partial charge in [-0.15, -0.1) is 0 Å². The van der Waals surface area contributed by atoms with E-state index < -0.39 is 0 Å². The molecule has 0 saturated carbocycles. The van der Waals surface area contributed by atoms with E-state index in [4.69, 9.17) is 5.73 Å². The van der Waals surface area contributed by atoms with Gasteiger partial charge in [-0.05, 0) is 38.6 Å². The first kappa shape index (κ1) is 8.52. The summed E-state index contributed by atoms with van der Waals surface area (Å²) in [6.07, 6.45) is 6.59. The normalized spacial score (nSPS) is 42.0. The molecule has 0 amide bonds. The van der Waals surface area contributed by atoms with Crippen LogP contribution in [0.5, 0.6) is 0 Å². The Morgan fingerprint density at radius 3 is 2.33 bits per heavy atom. The van der Waals surface area contributed by atoms with Crippen LogP contribution in [0.4, 0.5) is 0 Å². The van der Waals surface area contributed by atoms with E-state index in [9.17, 15) is 0 Å². The molecule has 2 nitrogen and oxygen atoms in total. The molecule has 2 saturated heterocycles. The first-order chi connectivity index (χ1) is 5.81. The minimum atomic E-state index is 0.496. The van der Waals surface area contributed by atoms with Crippen molar-refractivity contribution in [2.75, 3.05) is 6.54 Å². The lowest BCUT2D eigenvalue weighted by Gasteiger charge is -2.37. The van der Waals surface area contributed by atoms with E-state index in [1.54, 1.807) is 0 Å². The van der Waals surface area contributed by atoms with Crippen LogP contribution in [0, 0.1) is 0 Å². The van der Waals surface area contributed by atoms with Crippen LogP contribution in [0.15, 0.2) is 0 Å². The molecule has 70 valence electrons. The molecule has 2 rings (SSSR count). The second kappa shape index (κ2) is 3.35. The minimum absolute atomic E-state index is 0.496. The summed E-state index contributed by atoms with van der Waals surface area (Å²) in [6.45, 7) is 3.57. The van der Waals surface area contributed by atoms with Gasteiger partial charge in [-0.1, -0.05) is 6.92 Å². The average molecular weight is 168 g/mol. The molecule has 12 heavy (non-hydrogen) atoms. The van der Waals surface area contributed by atoms with Crippen LogP contribution < -0.4 is 5.73 Å². The Morgan fingerprint density at radius 1 is 1.25 bits per heavy atom. The van der Waals surface area contributed by atoms with Crippen molar-refractivity contribution in [1.29, 1.82) is 0 Å². The molecule has 2 N–H and O–H groups in total. The van der Waals surface area contributed by atoms with E-state index in [2.05, 4.69) is 11.8 Å². The molecule has 0 unspecified atom stereocenters. The van der Waals surface area contributed by atoms with E-state index in [0.717, 1.165) is 12.1 Å². The maximum absolute atomic E-state index is 5.99. The lowest BCUT2D eigenvalue weighted by atomic mass is 9.98. The summed E-state index contributed by atoms with van der Waals surface area (Å²) in [6, 6.07) is 2.16. The fraction of sp³-hybridized carbons (Fsp3) is 1.00. The van der Waals surface area contributed by atoms with E-state index in [0.29, 0.717) is 6.04 Å². The molecule has 2 heteroatoms. The Kier molecular flexibility index (Phi) is 2.37. The lowest BCUT2D eigenvalue weighted by molar-refractivity contribution is 0.128. The Morgan fingerprint density at radius 2 is 1.83 bits per heavy atom. The SMILES string of the molecule is CCCN1[C@@H]2CC[C@H]1C[C@H](N)C2. The fourth-order valence-corrected chi connectivity index (χ4v) is 2.94. The van der Waals surface area contributed by atoms with Gasteiger partial charge < -0.3 is 5.73 Å². The van der Waals surface area contributed by atoms with Crippen LogP contribution in [-0.2, 0) is 0 Å². The molecule has 2 bridgehead atoms. The van der Waals surface area contributed by atoms with Gasteiger partial charge >= 0.3 is 0 Å². The van der Waals surface area contributed by atoms with E-state index >= 15 is 0 Å². The van der Waals surface area contributed by atoms with Crippen molar-refractivity contribution in [2.45, 2.75) is 57.2 Å². The van der Waals surface area contributed by atoms with Gasteiger partial charge in [-0.25, -0.2) is 0 Å². The van der Waals surface area contributed by atoms with Crippen LogP contribution in [0.2, 0.25) is 0 Å². The highest BCUT2D eigenvalue weighted by atomic mass is 15.2. The van der Waals surface area contributed by atoms with Crippen LogP contribution in [0.1, 0.15) is 39.0 Å². The maximum Gasteiger partial charge on any atom is 0.0113 e. The molecule has 2 fully saturated rings. The van der Waals surface area contributed by atoms with Crippen LogP contribution in [-0.4, -0.2) is 29.6 Å². The monoisotopic (exact) mass is 168 g/mol. The average Bonchev–Trinajstić information content (AvgIpc) is 2.32. The van der Waals surface area contributed by atoms with Gasteiger partial charge in [0.2, 0.25) is 0 Å². The maximum atomic E-state index is 5.99. The van der Waals surface area contributed by atoms with E-state index in [-0.39, 0.29) is 0 Å². The summed E-state index contributed by atoms with van der Waals surface area (Å²) in [7, 11) is 0. The van der Waals surface area contributed by atoms with Gasteiger partial charge in [0.15, 0.2) is 0 Å². The van der Waals surface area contributed by atoms with Crippen molar-refractivity contribution < 1.29 is 0 Å². The lowest BCUT2D eigenvalue weighted by Crippen LogP contribution is -2.47. The Hall–Kier alpha value is -0.0800. The number of nitrogens with two attached hydrogens (primary N) is 1. The van der Waals surface area contributed by atoms with Gasteiger partial charge in [0.05, 0.1) is 0 Å². The Balaban J connectivity index is 1.99. The zero-order valence-electron chi connectivity index (χ0n) is 8.00. The summed E-state index contributed by atoms with van der Waals surface area (Å²) >= 11 is 0. The molecule has 0 aromatic carbocycles. The predicted molar refractivity (Wildman–Crippen MR) is 51.0 cm³/mol. The summed E-state index contributed by atoms with van der Waals surface area (Å²) in [4.78, 5) is 2.70. The second-order valence-corrected chi connectivity index (χ2v) is 4.35. The van der Waals surface area contributed by atoms with E-state index in [1.807, 2.05) is 0 Å². The molecule has 0 spiro atoms. The van der Waals surface area contributed by atoms with Crippen molar-refractivity contribution in [3.8, 4) is 0 Å². The fourth-order valence-electron chi connectivity index (χ4n) is 2.94. The molecular formula is C10H20N2. The highest BCUT2D eigenvalue weighted by Gasteiger charge is 2.38. The molecule has 2 heterocycles. The van der Waals surface area contributed by atoms with Crippen molar-refractivity contribution in [2.24, 2.45) is 5.73 Å². The first-order valence-electron chi connectivity index (χ1n) is 5.32. The zero-order valence-corrected chi connectivity index (χ0v) is 8.00. The van der Waals surface area contributed by atoms with Gasteiger partial charge in [0.1, 0.15) is 0 Å². The van der Waals surface area contributed by atoms with Crippen molar-refractivity contribution in [3.05, 3.63) is 0 Å². The van der Waals surface area contributed by atoms with Gasteiger partial charge in [-0.3, -0.25) is 4.90 Å². The zero-order chi connectivity index (χ0) is 8.55. The molecule has 3 atom stereocenters. The number of piperidine rings is 1. The van der Waals surface area contributed by atoms with Gasteiger partial charge in [-0.2, -0.15) is 0 Å². The number of hydrogen-bond acceptors (Lipinski definition) is 2. The topological polar surface area (TPSA) is 29.3 Å². The number of hydrogen-bond donors (Lipinski definition) is 1. The van der Waals surface area contributed by atoms with Crippen molar-refractivity contribution >= 4 is 0 Å². The largest absolute Gasteiger partial charge is 0.328 e. The van der Waals surface area contributed by atoms with Crippen LogP contribution in [0.3, 0.4) is 0 Å². The first-order valence-corrected chi connectivity index (χ1v) is 5.32. The summed E-state index contributed by atoms with van der Waals surface area (Å²) in [5, 5.41) is 0. The third-order valence-electron chi connectivity index (χ3n) is 3.40. The third kappa shape index (κ3) is 1.38. The molecular weight excluding hydrogens is 148 g/mol. The van der Waals surface area contributed by atoms with Crippen molar-refractivity contribution in [1.82, 2.24) is 4.90 Å². The minimum Gasteiger partial charge on any atom is -0.328 e. The van der Waals surface area contributed by atoms with Crippen LogP contribution >= 0.6 is 0 Å². The molecule has 0 radical (unpaired) electrons. The molecule has 0 aromatic heterocycles. The number of fused-ring (bicyclic) bond motifs is 2. The standard InChI is InChI=1S/C10H20N2/c1-2-5-12-9-3-4-10(12)7-8(11)6-9/h8-10H,2-7,11H2,1H3/t8-,9-,10+. The quantitative estimate of drug-likeness (QED) is 0.674. The Bertz CT molecular complexity index is 144. The highest BCUT2D eigenvalue weighted by Crippen LogP contribution is 2.34. The third-order valence-corrected chi connectivity index (χ3v) is 3.40. The summed E-state index contributed by atoms with van der Waals surface area (Å²) in [5.41, 5.74) is 5.99. The molecule has 2 aliphatic rings. The van der Waals surface area contributed by atoms with Crippen LogP contribution in [0.25, 0.3) is 0 Å².